The van der Waals surface area contributed by atoms with Crippen molar-refractivity contribution in [2.24, 2.45) is 17.4 Å². The molecule has 0 saturated heterocycles. The van der Waals surface area contributed by atoms with Crippen LogP contribution in [0, 0.1) is 5.92 Å². The van der Waals surface area contributed by atoms with Crippen LogP contribution in [0.4, 0.5) is 0 Å². The minimum absolute atomic E-state index is 0.267. The molecule has 0 aromatic carbocycles. The van der Waals surface area contributed by atoms with Crippen molar-refractivity contribution in [2.45, 2.75) is 70.1 Å². The first-order valence-corrected chi connectivity index (χ1v) is 10.3. The van der Waals surface area contributed by atoms with Gasteiger partial charge in [0.15, 0.2) is 0 Å². The molecule has 34 heavy (non-hydrogen) atoms. The minimum atomic E-state index is -1.67. The summed E-state index contributed by atoms with van der Waals surface area (Å²) in [5.74, 6) is -8.75. The second-order valence-corrected chi connectivity index (χ2v) is 7.64. The Balaban J connectivity index is 5.57. The average Bonchev–Trinajstić information content (AvgIpc) is 2.72. The van der Waals surface area contributed by atoms with E-state index in [4.69, 9.17) is 21.7 Å². The van der Waals surface area contributed by atoms with E-state index < -0.39 is 90.9 Å². The zero-order valence-electron chi connectivity index (χ0n) is 18.8. The molecule has 0 saturated carbocycles. The highest BCUT2D eigenvalue weighted by Gasteiger charge is 2.34. The number of aliphatic carboxylic acids is 3. The monoisotopic (exact) mass is 489 g/mol. The summed E-state index contributed by atoms with van der Waals surface area (Å²) < 4.78 is 0. The zero-order chi connectivity index (χ0) is 26.6. The van der Waals surface area contributed by atoms with Gasteiger partial charge in [-0.25, -0.2) is 4.79 Å². The first kappa shape index (κ1) is 30.2. The van der Waals surface area contributed by atoms with Gasteiger partial charge in [0.2, 0.25) is 23.6 Å². The third kappa shape index (κ3) is 11.2. The van der Waals surface area contributed by atoms with Crippen LogP contribution in [-0.4, -0.2) is 81.0 Å². The second-order valence-electron chi connectivity index (χ2n) is 7.64. The summed E-state index contributed by atoms with van der Waals surface area (Å²) in [6.45, 7) is 3.23. The fourth-order valence-electron chi connectivity index (χ4n) is 2.69. The van der Waals surface area contributed by atoms with Gasteiger partial charge < -0.3 is 42.7 Å². The van der Waals surface area contributed by atoms with Crippen molar-refractivity contribution in [1.82, 2.24) is 16.0 Å². The lowest BCUT2D eigenvalue weighted by Crippen LogP contribution is -2.59. The van der Waals surface area contributed by atoms with E-state index in [1.165, 1.54) is 0 Å². The third-order valence-electron chi connectivity index (χ3n) is 4.83. The Bertz CT molecular complexity index is 802. The number of carbonyl (C=O) groups is 7. The molecule has 0 aromatic heterocycles. The summed E-state index contributed by atoms with van der Waals surface area (Å²) in [5.41, 5.74) is 10.6. The van der Waals surface area contributed by atoms with Crippen molar-refractivity contribution in [2.75, 3.05) is 0 Å². The summed E-state index contributed by atoms with van der Waals surface area (Å²) in [4.78, 5) is 81.8. The van der Waals surface area contributed by atoms with Crippen LogP contribution >= 0.6 is 0 Å². The van der Waals surface area contributed by atoms with Crippen molar-refractivity contribution in [3.8, 4) is 0 Å². The van der Waals surface area contributed by atoms with Crippen molar-refractivity contribution in [3.05, 3.63) is 0 Å². The summed E-state index contributed by atoms with van der Waals surface area (Å²) in [6.07, 6.45) is -1.94. The molecule has 0 aliphatic heterocycles. The fourth-order valence-corrected chi connectivity index (χ4v) is 2.69. The maximum absolute atomic E-state index is 12.7. The lowest BCUT2D eigenvalue weighted by atomic mass is 9.97. The van der Waals surface area contributed by atoms with Crippen LogP contribution in [0.5, 0.6) is 0 Å². The molecular formula is C19H31N5O10. The smallest absolute Gasteiger partial charge is 0.326 e. The number of hydrogen-bond acceptors (Lipinski definition) is 8. The van der Waals surface area contributed by atoms with Crippen LogP contribution in [-0.2, 0) is 33.6 Å². The van der Waals surface area contributed by atoms with E-state index in [0.717, 1.165) is 0 Å². The van der Waals surface area contributed by atoms with Gasteiger partial charge in [-0.2, -0.15) is 0 Å². The first-order valence-electron chi connectivity index (χ1n) is 10.3. The normalized spacial score (nSPS) is 15.0. The third-order valence-corrected chi connectivity index (χ3v) is 4.83. The molecule has 0 bridgehead atoms. The Kier molecular flexibility index (Phi) is 12.8. The minimum Gasteiger partial charge on any atom is -0.481 e. The molecule has 0 spiro atoms. The molecule has 0 rings (SSSR count). The highest BCUT2D eigenvalue weighted by atomic mass is 16.4. The second kappa shape index (κ2) is 14.4. The zero-order valence-corrected chi connectivity index (χ0v) is 18.8. The quantitative estimate of drug-likeness (QED) is 0.109. The van der Waals surface area contributed by atoms with Gasteiger partial charge in [0.05, 0.1) is 18.9 Å². The molecule has 0 unspecified atom stereocenters. The molecule has 0 aliphatic rings. The molecule has 0 aromatic rings. The van der Waals surface area contributed by atoms with E-state index >= 15 is 0 Å². The Morgan fingerprint density at radius 2 is 1.35 bits per heavy atom. The number of nitrogens with one attached hydrogen (secondary N) is 3. The van der Waals surface area contributed by atoms with Crippen molar-refractivity contribution in [1.29, 1.82) is 0 Å². The Labute approximate surface area is 194 Å². The molecule has 15 nitrogen and oxygen atoms in total. The Morgan fingerprint density at radius 1 is 0.794 bits per heavy atom. The molecule has 0 heterocycles. The van der Waals surface area contributed by atoms with Gasteiger partial charge in [0.1, 0.15) is 18.1 Å². The lowest BCUT2D eigenvalue weighted by Gasteiger charge is -2.27. The van der Waals surface area contributed by atoms with E-state index in [2.05, 4.69) is 16.0 Å². The predicted molar refractivity (Wildman–Crippen MR) is 114 cm³/mol. The van der Waals surface area contributed by atoms with Gasteiger partial charge in [-0.3, -0.25) is 28.8 Å². The molecule has 5 atom stereocenters. The highest BCUT2D eigenvalue weighted by Crippen LogP contribution is 2.10. The summed E-state index contributed by atoms with van der Waals surface area (Å²) >= 11 is 0. The summed E-state index contributed by atoms with van der Waals surface area (Å²) in [6, 6.07) is -6.00. The van der Waals surface area contributed by atoms with E-state index in [-0.39, 0.29) is 6.42 Å². The standard InChI is InChI=1S/C19H31N5O10/c1-3-8(2)15(18(32)23-11(19(33)34)6-12(21)25)24-17(31)10(7-14(28)29)22-16(30)9(20)4-5-13(26)27/h8-11,15H,3-7,20H2,1-2H3,(H2,21,25)(H,22,30)(H,23,32)(H,24,31)(H,26,27)(H,28,29)(H,33,34)/t8-,9-,10-,11-,15-/m0/s1. The van der Waals surface area contributed by atoms with Crippen LogP contribution < -0.4 is 27.4 Å². The van der Waals surface area contributed by atoms with E-state index in [1.807, 2.05) is 0 Å². The van der Waals surface area contributed by atoms with Gasteiger partial charge >= 0.3 is 17.9 Å². The molecule has 0 fully saturated rings. The molecule has 15 heteroatoms. The van der Waals surface area contributed by atoms with Crippen LogP contribution in [0.1, 0.15) is 46.0 Å². The average molecular weight is 489 g/mol. The molecule has 4 amide bonds. The molecular weight excluding hydrogens is 458 g/mol. The van der Waals surface area contributed by atoms with Gasteiger partial charge in [-0.15, -0.1) is 0 Å². The van der Waals surface area contributed by atoms with Crippen LogP contribution in [0.3, 0.4) is 0 Å². The summed E-state index contributed by atoms with van der Waals surface area (Å²) in [7, 11) is 0. The number of carbonyl (C=O) groups excluding carboxylic acids is 4. The number of hydrogen-bond donors (Lipinski definition) is 8. The van der Waals surface area contributed by atoms with Gasteiger partial charge in [0.25, 0.3) is 0 Å². The Hall–Kier alpha value is -3.75. The van der Waals surface area contributed by atoms with E-state index in [9.17, 15) is 38.7 Å². The largest absolute Gasteiger partial charge is 0.481 e. The SMILES string of the molecule is CC[C@H](C)[C@H](NC(=O)[C@H](CC(=O)O)NC(=O)[C@@H](N)CCC(=O)O)C(=O)N[C@@H](CC(N)=O)C(=O)O. The molecule has 10 N–H and O–H groups in total. The maximum Gasteiger partial charge on any atom is 0.326 e. The number of carboxylic acids is 3. The summed E-state index contributed by atoms with van der Waals surface area (Å²) in [5, 5.41) is 33.5. The fraction of sp³-hybridized carbons (Fsp3) is 0.632. The predicted octanol–water partition coefficient (Wildman–Crippen LogP) is -2.89. The molecule has 0 radical (unpaired) electrons. The number of primary amides is 1. The topological polar surface area (TPSA) is 268 Å². The molecule has 0 aliphatic carbocycles. The number of amides is 4. The van der Waals surface area contributed by atoms with Crippen LogP contribution in [0.2, 0.25) is 0 Å². The molecule has 192 valence electrons. The van der Waals surface area contributed by atoms with Crippen molar-refractivity contribution in [3.63, 3.8) is 0 Å². The Morgan fingerprint density at radius 3 is 1.79 bits per heavy atom. The highest BCUT2D eigenvalue weighted by molar-refractivity contribution is 5.96. The van der Waals surface area contributed by atoms with Crippen LogP contribution in [0.25, 0.3) is 0 Å². The maximum atomic E-state index is 12.7. The first-order chi connectivity index (χ1) is 15.7. The number of nitrogens with two attached hydrogens (primary N) is 2. The van der Waals surface area contributed by atoms with Crippen LogP contribution in [0.15, 0.2) is 0 Å². The lowest BCUT2D eigenvalue weighted by molar-refractivity contribution is -0.144. The van der Waals surface area contributed by atoms with Crippen molar-refractivity contribution >= 4 is 41.5 Å². The number of carboxylic acid groups (broad SMARTS) is 3. The van der Waals surface area contributed by atoms with E-state index in [0.29, 0.717) is 6.42 Å². The van der Waals surface area contributed by atoms with Gasteiger partial charge in [0, 0.05) is 6.42 Å². The van der Waals surface area contributed by atoms with Gasteiger partial charge in [-0.1, -0.05) is 20.3 Å². The van der Waals surface area contributed by atoms with Gasteiger partial charge in [-0.05, 0) is 12.3 Å². The van der Waals surface area contributed by atoms with Crippen molar-refractivity contribution < 1.29 is 48.9 Å². The van der Waals surface area contributed by atoms with E-state index in [1.54, 1.807) is 13.8 Å². The number of rotatable bonds is 16.